The first-order valence-corrected chi connectivity index (χ1v) is 8.01. The highest BCUT2D eigenvalue weighted by Crippen LogP contribution is 2.21. The summed E-state index contributed by atoms with van der Waals surface area (Å²) in [5.41, 5.74) is 0.403. The molecule has 1 fully saturated rings. The zero-order valence-corrected chi connectivity index (χ0v) is 12.7. The fourth-order valence-electron chi connectivity index (χ4n) is 2.35. The maximum Gasteiger partial charge on any atom is 0.243 e. The maximum absolute atomic E-state index is 12.6. The number of Topliss-reactive ketones (excluding diaryl/α,β-unsaturated/α-hetero) is 1. The van der Waals surface area contributed by atoms with Crippen molar-refractivity contribution in [1.29, 1.82) is 0 Å². The lowest BCUT2D eigenvalue weighted by atomic mass is 10.2. The standard InChI is InChI=1S/C14H19NO4S/c1-10-8-15(9-11(2)19-10)20(17,18)14-6-4-5-13(7-14)12(3)16/h4-7,10-11H,8-9H2,1-3H3. The smallest absolute Gasteiger partial charge is 0.243 e. The number of ketones is 1. The third kappa shape index (κ3) is 3.08. The van der Waals surface area contributed by atoms with Crippen LogP contribution >= 0.6 is 0 Å². The SMILES string of the molecule is CC(=O)c1cccc(S(=O)(=O)N2CC(C)OC(C)C2)c1. The fraction of sp³-hybridized carbons (Fsp3) is 0.500. The number of sulfonamides is 1. The van der Waals surface area contributed by atoms with Gasteiger partial charge in [0.25, 0.3) is 0 Å². The average Bonchev–Trinajstić information content (AvgIpc) is 2.37. The second kappa shape index (κ2) is 5.63. The molecule has 1 aliphatic rings. The van der Waals surface area contributed by atoms with Crippen LogP contribution in [-0.4, -0.2) is 43.8 Å². The summed E-state index contributed by atoms with van der Waals surface area (Å²) >= 11 is 0. The molecule has 2 atom stereocenters. The second-order valence-corrected chi connectivity index (χ2v) is 7.10. The van der Waals surface area contributed by atoms with Crippen molar-refractivity contribution in [3.63, 3.8) is 0 Å². The Hall–Kier alpha value is -1.24. The van der Waals surface area contributed by atoms with Gasteiger partial charge in [-0.15, -0.1) is 0 Å². The molecular formula is C14H19NO4S. The Morgan fingerprint density at radius 2 is 1.85 bits per heavy atom. The van der Waals surface area contributed by atoms with Crippen molar-refractivity contribution < 1.29 is 17.9 Å². The van der Waals surface area contributed by atoms with Crippen LogP contribution in [0.25, 0.3) is 0 Å². The summed E-state index contributed by atoms with van der Waals surface area (Å²) in [4.78, 5) is 11.5. The maximum atomic E-state index is 12.6. The molecule has 0 aliphatic carbocycles. The van der Waals surface area contributed by atoms with Gasteiger partial charge in [-0.3, -0.25) is 4.79 Å². The van der Waals surface area contributed by atoms with Crippen LogP contribution in [0.15, 0.2) is 29.2 Å². The second-order valence-electron chi connectivity index (χ2n) is 5.16. The zero-order chi connectivity index (χ0) is 14.9. The molecule has 1 aromatic rings. The van der Waals surface area contributed by atoms with E-state index >= 15 is 0 Å². The van der Waals surface area contributed by atoms with E-state index in [1.807, 2.05) is 13.8 Å². The fourth-order valence-corrected chi connectivity index (χ4v) is 3.99. The third-order valence-corrected chi connectivity index (χ3v) is 5.09. The Morgan fingerprint density at radius 3 is 2.40 bits per heavy atom. The lowest BCUT2D eigenvalue weighted by Crippen LogP contribution is -2.48. The molecule has 0 aromatic heterocycles. The Bertz CT molecular complexity index is 601. The van der Waals surface area contributed by atoms with Crippen molar-refractivity contribution in [3.8, 4) is 0 Å². The quantitative estimate of drug-likeness (QED) is 0.796. The van der Waals surface area contributed by atoms with Gasteiger partial charge in [-0.2, -0.15) is 4.31 Å². The highest BCUT2D eigenvalue weighted by Gasteiger charge is 2.32. The molecule has 0 N–H and O–H groups in total. The minimum Gasteiger partial charge on any atom is -0.373 e. The van der Waals surface area contributed by atoms with E-state index in [2.05, 4.69) is 0 Å². The predicted molar refractivity (Wildman–Crippen MR) is 75.2 cm³/mol. The first kappa shape index (κ1) is 15.2. The van der Waals surface area contributed by atoms with Gasteiger partial charge in [0.05, 0.1) is 17.1 Å². The Morgan fingerprint density at radius 1 is 1.25 bits per heavy atom. The number of morpholine rings is 1. The summed E-state index contributed by atoms with van der Waals surface area (Å²) in [7, 11) is -3.58. The lowest BCUT2D eigenvalue weighted by Gasteiger charge is -2.34. The molecular weight excluding hydrogens is 278 g/mol. The number of benzene rings is 1. The highest BCUT2D eigenvalue weighted by atomic mass is 32.2. The molecule has 0 saturated carbocycles. The summed E-state index contributed by atoms with van der Waals surface area (Å²) in [6.45, 7) is 5.78. The van der Waals surface area contributed by atoms with Gasteiger partial charge >= 0.3 is 0 Å². The van der Waals surface area contributed by atoms with Gasteiger partial charge in [0, 0.05) is 18.7 Å². The number of carbonyl (C=O) groups is 1. The molecule has 0 radical (unpaired) electrons. The van der Waals surface area contributed by atoms with Gasteiger partial charge < -0.3 is 4.74 Å². The average molecular weight is 297 g/mol. The molecule has 6 heteroatoms. The summed E-state index contributed by atoms with van der Waals surface area (Å²) < 4.78 is 32.2. The van der Waals surface area contributed by atoms with Crippen molar-refractivity contribution in [2.24, 2.45) is 0 Å². The van der Waals surface area contributed by atoms with Crippen LogP contribution in [-0.2, 0) is 14.8 Å². The largest absolute Gasteiger partial charge is 0.373 e. The molecule has 20 heavy (non-hydrogen) atoms. The monoisotopic (exact) mass is 297 g/mol. The number of hydrogen-bond acceptors (Lipinski definition) is 4. The Kier molecular flexibility index (Phi) is 4.27. The molecule has 0 amide bonds. The highest BCUT2D eigenvalue weighted by molar-refractivity contribution is 7.89. The Labute approximate surface area is 119 Å². The normalized spacial score (nSPS) is 24.6. The first-order valence-electron chi connectivity index (χ1n) is 6.57. The molecule has 0 bridgehead atoms. The number of nitrogens with zero attached hydrogens (tertiary/aromatic N) is 1. The van der Waals surface area contributed by atoms with E-state index in [-0.39, 0.29) is 22.9 Å². The van der Waals surface area contributed by atoms with Gasteiger partial charge in [-0.05, 0) is 32.9 Å². The summed E-state index contributed by atoms with van der Waals surface area (Å²) in [5.74, 6) is -0.147. The predicted octanol–water partition coefficient (Wildman–Crippen LogP) is 1.69. The van der Waals surface area contributed by atoms with E-state index in [0.29, 0.717) is 18.7 Å². The molecule has 110 valence electrons. The third-order valence-electron chi connectivity index (χ3n) is 3.26. The number of rotatable bonds is 3. The van der Waals surface area contributed by atoms with Crippen LogP contribution in [0.4, 0.5) is 0 Å². The molecule has 1 aliphatic heterocycles. The van der Waals surface area contributed by atoms with Gasteiger partial charge in [-0.25, -0.2) is 8.42 Å². The molecule has 0 spiro atoms. The van der Waals surface area contributed by atoms with Crippen LogP contribution in [0, 0.1) is 0 Å². The van der Waals surface area contributed by atoms with E-state index in [0.717, 1.165) is 0 Å². The number of carbonyl (C=O) groups excluding carboxylic acids is 1. The van der Waals surface area contributed by atoms with Crippen LogP contribution in [0.5, 0.6) is 0 Å². The molecule has 1 heterocycles. The van der Waals surface area contributed by atoms with Crippen LogP contribution < -0.4 is 0 Å². The summed E-state index contributed by atoms with van der Waals surface area (Å²) in [6.07, 6.45) is -0.269. The van der Waals surface area contributed by atoms with Crippen molar-refractivity contribution in [3.05, 3.63) is 29.8 Å². The minimum absolute atomic E-state index is 0.135. The summed E-state index contributed by atoms with van der Waals surface area (Å²) in [6, 6.07) is 6.16. The van der Waals surface area contributed by atoms with Crippen LogP contribution in [0.2, 0.25) is 0 Å². The van der Waals surface area contributed by atoms with Crippen molar-refractivity contribution in [2.75, 3.05) is 13.1 Å². The van der Waals surface area contributed by atoms with Crippen molar-refractivity contribution in [1.82, 2.24) is 4.31 Å². The molecule has 1 aromatic carbocycles. The van der Waals surface area contributed by atoms with Gasteiger partial charge in [-0.1, -0.05) is 12.1 Å². The van der Waals surface area contributed by atoms with E-state index in [4.69, 9.17) is 4.74 Å². The van der Waals surface area contributed by atoms with Crippen LogP contribution in [0.1, 0.15) is 31.1 Å². The lowest BCUT2D eigenvalue weighted by molar-refractivity contribution is -0.0440. The van der Waals surface area contributed by atoms with Gasteiger partial charge in [0.2, 0.25) is 10.0 Å². The molecule has 1 saturated heterocycles. The van der Waals surface area contributed by atoms with Gasteiger partial charge in [0.1, 0.15) is 0 Å². The van der Waals surface area contributed by atoms with Crippen molar-refractivity contribution >= 4 is 15.8 Å². The van der Waals surface area contributed by atoms with Crippen LogP contribution in [0.3, 0.4) is 0 Å². The van der Waals surface area contributed by atoms with E-state index < -0.39 is 10.0 Å². The molecule has 2 rings (SSSR count). The topological polar surface area (TPSA) is 63.7 Å². The summed E-state index contributed by atoms with van der Waals surface area (Å²) in [5, 5.41) is 0. The minimum atomic E-state index is -3.58. The number of ether oxygens (including phenoxy) is 1. The zero-order valence-electron chi connectivity index (χ0n) is 11.9. The van der Waals surface area contributed by atoms with E-state index in [9.17, 15) is 13.2 Å². The van der Waals surface area contributed by atoms with E-state index in [1.54, 1.807) is 12.1 Å². The number of hydrogen-bond donors (Lipinski definition) is 0. The molecule has 2 unspecified atom stereocenters. The Balaban J connectivity index is 2.34. The first-order chi connectivity index (χ1) is 9.30. The molecule has 5 nitrogen and oxygen atoms in total. The van der Waals surface area contributed by atoms with Gasteiger partial charge in [0.15, 0.2) is 5.78 Å². The van der Waals surface area contributed by atoms with E-state index in [1.165, 1.54) is 23.4 Å². The van der Waals surface area contributed by atoms with Crippen molar-refractivity contribution in [2.45, 2.75) is 37.9 Å².